The molecule has 2 amide bonds. The van der Waals surface area contributed by atoms with Crippen molar-refractivity contribution >= 4 is 62.0 Å². The van der Waals surface area contributed by atoms with Gasteiger partial charge >= 0.3 is 0 Å². The van der Waals surface area contributed by atoms with E-state index < -0.39 is 21.7 Å². The van der Waals surface area contributed by atoms with Crippen LogP contribution in [-0.4, -0.2) is 44.6 Å². The predicted octanol–water partition coefficient (Wildman–Crippen LogP) is 4.84. The summed E-state index contributed by atoms with van der Waals surface area (Å²) in [5, 5.41) is 9.23. The average Bonchev–Trinajstić information content (AvgIpc) is 2.85. The maximum atomic E-state index is 13.3. The molecule has 0 aliphatic carbocycles. The minimum atomic E-state index is -3.49. The minimum absolute atomic E-state index is 0.0792. The summed E-state index contributed by atoms with van der Waals surface area (Å²) >= 11 is 12.0. The van der Waals surface area contributed by atoms with Crippen LogP contribution in [0.15, 0.2) is 59.6 Å². The van der Waals surface area contributed by atoms with Gasteiger partial charge < -0.3 is 21.7 Å². The summed E-state index contributed by atoms with van der Waals surface area (Å²) in [7, 11) is -3.49. The van der Waals surface area contributed by atoms with Crippen molar-refractivity contribution in [3.8, 4) is 0 Å². The van der Waals surface area contributed by atoms with Gasteiger partial charge in [-0.2, -0.15) is 0 Å². The van der Waals surface area contributed by atoms with Crippen LogP contribution < -0.4 is 21.7 Å². The molecule has 0 radical (unpaired) electrons. The Balaban J connectivity index is 1.86. The summed E-state index contributed by atoms with van der Waals surface area (Å²) in [5.74, 6) is -0.812. The fourth-order valence-electron chi connectivity index (χ4n) is 3.40. The first kappa shape index (κ1) is 28.4. The van der Waals surface area contributed by atoms with Gasteiger partial charge in [-0.25, -0.2) is 13.4 Å². The monoisotopic (exact) mass is 563 g/mol. The number of hydrogen-bond donors (Lipinski definition) is 4. The van der Waals surface area contributed by atoms with Gasteiger partial charge in [0.25, 0.3) is 11.8 Å². The van der Waals surface area contributed by atoms with Crippen molar-refractivity contribution in [1.82, 2.24) is 4.98 Å². The van der Waals surface area contributed by atoms with Crippen molar-refractivity contribution in [2.24, 2.45) is 5.73 Å². The number of amides is 2. The second-order valence-electron chi connectivity index (χ2n) is 8.22. The molecule has 1 heterocycles. The van der Waals surface area contributed by atoms with Crippen molar-refractivity contribution in [2.45, 2.75) is 24.2 Å². The molecule has 3 aromatic rings. The summed E-state index contributed by atoms with van der Waals surface area (Å²) < 4.78 is 24.2. The standard InChI is InChI=1S/C25H27Cl2N5O4S/c1-37(35,36)18-7-8-19(22(14-18)29-12-4-2-3-11-28)24(33)31-21-9-5-16(26)13-20(21)25(34)32-23-10-6-17(27)15-30-23/h5-10,13-15,29H,2-4,11-12,28H2,1H3,(H,31,33)(H,30,32,34). The Labute approximate surface area is 225 Å². The Morgan fingerprint density at radius 3 is 2.27 bits per heavy atom. The van der Waals surface area contributed by atoms with E-state index in [-0.39, 0.29) is 27.5 Å². The fourth-order valence-corrected chi connectivity index (χ4v) is 4.33. The lowest BCUT2D eigenvalue weighted by Crippen LogP contribution is -2.20. The van der Waals surface area contributed by atoms with E-state index in [1.165, 1.54) is 48.7 Å². The van der Waals surface area contributed by atoms with Crippen LogP contribution in [0, 0.1) is 0 Å². The average molecular weight is 564 g/mol. The van der Waals surface area contributed by atoms with Gasteiger partial charge in [0.05, 0.1) is 26.7 Å². The Morgan fingerprint density at radius 2 is 1.59 bits per heavy atom. The minimum Gasteiger partial charge on any atom is -0.384 e. The summed E-state index contributed by atoms with van der Waals surface area (Å²) in [6, 6.07) is 11.8. The second kappa shape index (κ2) is 12.9. The zero-order chi connectivity index (χ0) is 27.0. The van der Waals surface area contributed by atoms with Crippen molar-refractivity contribution in [3.05, 3.63) is 75.9 Å². The summed E-state index contributed by atoms with van der Waals surface area (Å²) in [5.41, 5.74) is 6.43. The van der Waals surface area contributed by atoms with Crippen LogP contribution in [0.4, 0.5) is 17.2 Å². The number of carbonyl (C=O) groups is 2. The van der Waals surface area contributed by atoms with E-state index in [1.807, 2.05) is 0 Å². The SMILES string of the molecule is CS(=O)(=O)c1ccc(C(=O)Nc2ccc(Cl)cc2C(=O)Nc2ccc(Cl)cn2)c(NCCCCCN)c1. The molecule has 0 aliphatic rings. The number of nitrogens with two attached hydrogens (primary N) is 1. The molecule has 0 bridgehead atoms. The van der Waals surface area contributed by atoms with E-state index in [2.05, 4.69) is 20.9 Å². The molecule has 0 atom stereocenters. The van der Waals surface area contributed by atoms with Gasteiger partial charge in [0.2, 0.25) is 0 Å². The van der Waals surface area contributed by atoms with Gasteiger partial charge in [0, 0.05) is 29.7 Å². The third kappa shape index (κ3) is 8.16. The molecule has 0 fully saturated rings. The Bertz CT molecular complexity index is 1380. The third-order valence-corrected chi connectivity index (χ3v) is 6.87. The van der Waals surface area contributed by atoms with Crippen molar-refractivity contribution in [3.63, 3.8) is 0 Å². The highest BCUT2D eigenvalue weighted by atomic mass is 35.5. The number of carbonyl (C=O) groups excluding carboxylic acids is 2. The van der Waals surface area contributed by atoms with Crippen LogP contribution in [0.5, 0.6) is 0 Å². The molecular weight excluding hydrogens is 537 g/mol. The first-order valence-electron chi connectivity index (χ1n) is 11.4. The molecule has 0 unspecified atom stereocenters. The van der Waals surface area contributed by atoms with Crippen LogP contribution in [-0.2, 0) is 9.84 Å². The number of sulfone groups is 1. The van der Waals surface area contributed by atoms with E-state index in [4.69, 9.17) is 28.9 Å². The van der Waals surface area contributed by atoms with Crippen molar-refractivity contribution in [2.75, 3.05) is 35.3 Å². The number of hydrogen-bond acceptors (Lipinski definition) is 7. The number of anilines is 3. The summed E-state index contributed by atoms with van der Waals surface area (Å²) in [6.45, 7) is 1.11. The number of aromatic nitrogens is 1. The number of pyridine rings is 1. The smallest absolute Gasteiger partial charge is 0.258 e. The van der Waals surface area contributed by atoms with Crippen molar-refractivity contribution in [1.29, 1.82) is 0 Å². The summed E-state index contributed by atoms with van der Waals surface area (Å²) in [6.07, 6.45) is 5.04. The van der Waals surface area contributed by atoms with Gasteiger partial charge in [-0.05, 0) is 67.9 Å². The number of nitrogens with one attached hydrogen (secondary N) is 3. The molecule has 9 nitrogen and oxygen atoms in total. The lowest BCUT2D eigenvalue weighted by atomic mass is 10.1. The number of halogens is 2. The third-order valence-electron chi connectivity index (χ3n) is 5.30. The molecular formula is C25H27Cl2N5O4S. The maximum absolute atomic E-state index is 13.3. The van der Waals surface area contributed by atoms with Gasteiger partial charge in [0.1, 0.15) is 5.82 Å². The second-order valence-corrected chi connectivity index (χ2v) is 11.1. The van der Waals surface area contributed by atoms with E-state index in [0.29, 0.717) is 28.8 Å². The Kier molecular flexibility index (Phi) is 9.87. The molecule has 0 aliphatic heterocycles. The number of rotatable bonds is 11. The fraction of sp³-hybridized carbons (Fsp3) is 0.240. The molecule has 5 N–H and O–H groups in total. The number of nitrogens with zero attached hydrogens (tertiary/aromatic N) is 1. The van der Waals surface area contributed by atoms with Crippen molar-refractivity contribution < 1.29 is 18.0 Å². The molecule has 1 aromatic heterocycles. The molecule has 2 aromatic carbocycles. The van der Waals surface area contributed by atoms with Gasteiger partial charge in [-0.3, -0.25) is 9.59 Å². The van der Waals surface area contributed by atoms with E-state index in [0.717, 1.165) is 25.5 Å². The van der Waals surface area contributed by atoms with E-state index in [9.17, 15) is 18.0 Å². The number of benzene rings is 2. The largest absolute Gasteiger partial charge is 0.384 e. The predicted molar refractivity (Wildman–Crippen MR) is 148 cm³/mol. The highest BCUT2D eigenvalue weighted by molar-refractivity contribution is 7.90. The topological polar surface area (TPSA) is 143 Å². The molecule has 12 heteroatoms. The first-order valence-corrected chi connectivity index (χ1v) is 14.0. The Morgan fingerprint density at radius 1 is 0.865 bits per heavy atom. The highest BCUT2D eigenvalue weighted by Gasteiger charge is 2.19. The van der Waals surface area contributed by atoms with Gasteiger partial charge in [-0.1, -0.05) is 29.6 Å². The highest BCUT2D eigenvalue weighted by Crippen LogP contribution is 2.26. The van der Waals surface area contributed by atoms with E-state index in [1.54, 1.807) is 6.07 Å². The van der Waals surface area contributed by atoms with Crippen LogP contribution >= 0.6 is 23.2 Å². The van der Waals surface area contributed by atoms with Crippen LogP contribution in [0.25, 0.3) is 0 Å². The number of unbranched alkanes of at least 4 members (excludes halogenated alkanes) is 2. The summed E-state index contributed by atoms with van der Waals surface area (Å²) in [4.78, 5) is 30.4. The molecule has 196 valence electrons. The molecule has 37 heavy (non-hydrogen) atoms. The maximum Gasteiger partial charge on any atom is 0.258 e. The molecule has 0 spiro atoms. The lowest BCUT2D eigenvalue weighted by Gasteiger charge is -2.15. The van der Waals surface area contributed by atoms with Gasteiger partial charge in [-0.15, -0.1) is 0 Å². The normalized spacial score (nSPS) is 11.1. The molecule has 0 saturated carbocycles. The lowest BCUT2D eigenvalue weighted by molar-refractivity contribution is 0.102. The zero-order valence-corrected chi connectivity index (χ0v) is 22.4. The Hall–Kier alpha value is -3.18. The quantitative estimate of drug-likeness (QED) is 0.244. The van der Waals surface area contributed by atoms with E-state index >= 15 is 0 Å². The molecule has 3 rings (SSSR count). The zero-order valence-electron chi connectivity index (χ0n) is 20.1. The van der Waals surface area contributed by atoms with Crippen LogP contribution in [0.3, 0.4) is 0 Å². The van der Waals surface area contributed by atoms with Crippen LogP contribution in [0.1, 0.15) is 40.0 Å². The van der Waals surface area contributed by atoms with Gasteiger partial charge in [0.15, 0.2) is 9.84 Å². The first-order chi connectivity index (χ1) is 17.6. The molecule has 0 saturated heterocycles. The van der Waals surface area contributed by atoms with Crippen LogP contribution in [0.2, 0.25) is 10.0 Å².